The number of nitrogens with one attached hydrogen (secondary N) is 2. The highest BCUT2D eigenvalue weighted by atomic mass is 33.1. The summed E-state index contributed by atoms with van der Waals surface area (Å²) in [5.41, 5.74) is 18.9. The minimum Gasteiger partial charge on any atom is -0.450 e. The molecule has 1 aromatic rings. The summed E-state index contributed by atoms with van der Waals surface area (Å²) in [6.07, 6.45) is -2.17. The van der Waals surface area contributed by atoms with Crippen LogP contribution in [0.25, 0.3) is 10.4 Å². The number of nitrogens with two attached hydrogens (primary N) is 2. The van der Waals surface area contributed by atoms with Gasteiger partial charge >= 0.3 is 41.3 Å². The molecule has 0 bridgehead atoms. The van der Waals surface area contributed by atoms with E-state index in [-0.39, 0.29) is 42.3 Å². The minimum atomic E-state index is -5.81. The molecule has 65 heavy (non-hydrogen) atoms. The average Bonchev–Trinajstić information content (AvgIpc) is 3.60. The van der Waals surface area contributed by atoms with Crippen LogP contribution in [0, 0.1) is 11.8 Å². The number of rotatable bonds is 32. The number of phosphoric acid groups is 3. The van der Waals surface area contributed by atoms with Crippen molar-refractivity contribution in [2.75, 3.05) is 90.9 Å². The van der Waals surface area contributed by atoms with E-state index >= 15 is 0 Å². The van der Waals surface area contributed by atoms with Crippen molar-refractivity contribution in [3.63, 3.8) is 0 Å². The molecule has 2 unspecified atom stereocenters. The molecule has 2 rings (SSSR count). The minimum absolute atomic E-state index is 0.0280. The van der Waals surface area contributed by atoms with Crippen molar-refractivity contribution in [2.24, 2.45) is 10.8 Å². The zero-order chi connectivity index (χ0) is 48.4. The van der Waals surface area contributed by atoms with Gasteiger partial charge in [0, 0.05) is 42.0 Å². The molecule has 370 valence electrons. The van der Waals surface area contributed by atoms with Crippen LogP contribution in [-0.2, 0) is 60.0 Å². The van der Waals surface area contributed by atoms with Crippen molar-refractivity contribution in [3.8, 4) is 11.8 Å². The molecule has 10 N–H and O–H groups in total. The zero-order valence-corrected chi connectivity index (χ0v) is 39.5. The molecule has 34 heteroatoms. The Morgan fingerprint density at radius 2 is 1.71 bits per heavy atom. The summed E-state index contributed by atoms with van der Waals surface area (Å²) in [5, 5.41) is 8.29. The number of hydrogen-bond acceptors (Lipinski definition) is 22. The van der Waals surface area contributed by atoms with Crippen LogP contribution in [0.3, 0.4) is 0 Å². The number of aromatic nitrogens is 2. The molecule has 0 aliphatic carbocycles. The normalized spacial score (nSPS) is 18.0. The molecule has 0 spiro atoms. The van der Waals surface area contributed by atoms with Gasteiger partial charge in [-0.25, -0.2) is 28.1 Å². The lowest BCUT2D eigenvalue weighted by Crippen LogP contribution is -2.29. The molecule has 29 nitrogen and oxygen atoms in total. The average molecular weight is 1030 g/mol. The zero-order valence-electron chi connectivity index (χ0n) is 35.2. The summed E-state index contributed by atoms with van der Waals surface area (Å²) in [6, 6.07) is 0. The predicted octanol–water partition coefficient (Wildman–Crippen LogP) is 2.21. The lowest BCUT2D eigenvalue weighted by molar-refractivity contribution is -0.0601. The standard InChI is InChI=1S/C31H54N9O20P3S2/c1-31(2,7-13-55-30(43)36-10-15-52-17-16-51-14-8-32)65-64-22-53-11-3-4-12-54-29(42)35-9-5-6-23-19-40(28(41)38-27(23)33)26-18-24(56-21-37-39-34)25(58-26)20-57-62(47,48)60-63(49,50)59-61(44,45)46/h19,24-26H,3-4,7-18,20-22,32H2,1-2H3,(H,35,42)(H,36,43)(H,47,48)(H,49,50)(H2,33,38,41)(H2,44,45,46)/t24-,25-,26-/m1/s1. The Labute approximate surface area is 380 Å². The second-order valence-electron chi connectivity index (χ2n) is 13.4. The van der Waals surface area contributed by atoms with Crippen LogP contribution >= 0.6 is 45.1 Å². The lowest BCUT2D eigenvalue weighted by atomic mass is 10.1. The second kappa shape index (κ2) is 30.4. The molecule has 1 fully saturated rings. The molecule has 2 amide bonds. The van der Waals surface area contributed by atoms with Gasteiger partial charge in [-0.15, -0.1) is 0 Å². The molecule has 5 atom stereocenters. The molecular formula is C31H54N9O20P3S2. The maximum Gasteiger partial charge on any atom is 0.490 e. The SMILES string of the molecule is CC(C)(CCOC(=O)NCCOCCOCCN)SSCOCCCCOC(=O)NCC#Cc1cn([C@H]2C[C@@H](OCN=[N+]=[N-])[C@@H](COP(=O)(O)OP(=O)(O)OP(=O)(O)O)O2)c(=O)nc1N. The van der Waals surface area contributed by atoms with Crippen molar-refractivity contribution < 1.29 is 89.2 Å². The fourth-order valence-electron chi connectivity index (χ4n) is 4.77. The fraction of sp³-hybridized carbons (Fsp3) is 0.742. The first-order valence-electron chi connectivity index (χ1n) is 19.1. The number of anilines is 1. The third kappa shape index (κ3) is 26.8. The number of nitrogens with zero attached hydrogens (tertiary/aromatic N) is 5. The van der Waals surface area contributed by atoms with Crippen LogP contribution in [-0.4, -0.2) is 143 Å². The topological polar surface area (TPSA) is 418 Å². The Hall–Kier alpha value is -3.04. The summed E-state index contributed by atoms with van der Waals surface area (Å²) in [5.74, 6) is 5.45. The third-order valence-electron chi connectivity index (χ3n) is 7.66. The van der Waals surface area contributed by atoms with Crippen molar-refractivity contribution in [2.45, 2.75) is 62.7 Å². The maximum atomic E-state index is 12.8. The van der Waals surface area contributed by atoms with E-state index in [0.29, 0.717) is 71.3 Å². The molecule has 1 aliphatic rings. The Bertz CT molecular complexity index is 1970. The number of carbonyl (C=O) groups is 2. The van der Waals surface area contributed by atoms with Gasteiger partial charge in [0.1, 0.15) is 30.8 Å². The number of azide groups is 1. The van der Waals surface area contributed by atoms with E-state index in [4.69, 9.17) is 59.9 Å². The molecule has 0 aromatic carbocycles. The van der Waals surface area contributed by atoms with E-state index in [0.717, 1.165) is 4.57 Å². The van der Waals surface area contributed by atoms with Gasteiger partial charge in [-0.3, -0.25) is 9.09 Å². The van der Waals surface area contributed by atoms with Crippen LogP contribution in [0.15, 0.2) is 16.1 Å². The summed E-state index contributed by atoms with van der Waals surface area (Å²) >= 11 is 0. The van der Waals surface area contributed by atoms with Gasteiger partial charge in [-0.2, -0.15) is 13.6 Å². The van der Waals surface area contributed by atoms with E-state index < -0.39 is 73.1 Å². The van der Waals surface area contributed by atoms with Gasteiger partial charge < -0.3 is 74.8 Å². The van der Waals surface area contributed by atoms with Crippen molar-refractivity contribution in [1.82, 2.24) is 20.2 Å². The van der Waals surface area contributed by atoms with Crippen molar-refractivity contribution >= 4 is 63.1 Å². The van der Waals surface area contributed by atoms with Crippen LogP contribution in [0.5, 0.6) is 0 Å². The van der Waals surface area contributed by atoms with Crippen LogP contribution in [0.4, 0.5) is 15.4 Å². The highest BCUT2D eigenvalue weighted by Crippen LogP contribution is 2.66. The Balaban J connectivity index is 1.71. The van der Waals surface area contributed by atoms with E-state index in [1.807, 2.05) is 13.8 Å². The Morgan fingerprint density at radius 1 is 1.02 bits per heavy atom. The first kappa shape index (κ1) is 58.1. The number of ether oxygens (including phenoxy) is 7. The monoisotopic (exact) mass is 1030 g/mol. The van der Waals surface area contributed by atoms with Gasteiger partial charge in [-0.05, 0) is 38.6 Å². The number of alkyl carbamates (subject to hydrolysis) is 2. The van der Waals surface area contributed by atoms with E-state index in [1.54, 1.807) is 10.8 Å². The number of unbranched alkanes of at least 4 members (excludes halogenated alkanes) is 1. The molecule has 0 saturated carbocycles. The van der Waals surface area contributed by atoms with Gasteiger partial charge in [0.2, 0.25) is 0 Å². The fourth-order valence-corrected chi connectivity index (χ4v) is 10.1. The Morgan fingerprint density at radius 3 is 2.42 bits per heavy atom. The molecule has 1 aliphatic heterocycles. The highest BCUT2D eigenvalue weighted by molar-refractivity contribution is 8.77. The van der Waals surface area contributed by atoms with E-state index in [2.05, 4.69) is 50.6 Å². The van der Waals surface area contributed by atoms with E-state index in [9.17, 15) is 37.9 Å². The molecular weight excluding hydrogens is 975 g/mol. The second-order valence-corrected chi connectivity index (χ2v) is 20.7. The third-order valence-corrected chi connectivity index (χ3v) is 14.5. The van der Waals surface area contributed by atoms with Gasteiger partial charge in [0.15, 0.2) is 0 Å². The highest BCUT2D eigenvalue weighted by Gasteiger charge is 2.43. The molecule has 0 radical (unpaired) electrons. The quantitative estimate of drug-likeness (QED) is 0.00749. The number of carbonyl (C=O) groups excluding carboxylic acids is 2. The summed E-state index contributed by atoms with van der Waals surface area (Å²) < 4.78 is 85.3. The lowest BCUT2D eigenvalue weighted by Gasteiger charge is -2.22. The largest absolute Gasteiger partial charge is 0.490 e. The first-order chi connectivity index (χ1) is 30.7. The molecule has 1 saturated heterocycles. The smallest absolute Gasteiger partial charge is 0.450 e. The van der Waals surface area contributed by atoms with Crippen LogP contribution in [0.2, 0.25) is 0 Å². The maximum absolute atomic E-state index is 12.8. The van der Waals surface area contributed by atoms with Crippen molar-refractivity contribution in [3.05, 3.63) is 32.7 Å². The molecule has 1 aromatic heterocycles. The van der Waals surface area contributed by atoms with Gasteiger partial charge in [0.05, 0.1) is 64.5 Å². The van der Waals surface area contributed by atoms with Gasteiger partial charge in [0.25, 0.3) is 0 Å². The van der Waals surface area contributed by atoms with Gasteiger partial charge in [-0.1, -0.05) is 38.5 Å². The number of phosphoric ester groups is 1. The summed E-state index contributed by atoms with van der Waals surface area (Å²) in [7, 11) is -13.9. The number of hydrogen-bond donors (Lipinski definition) is 8. The first-order valence-corrected chi connectivity index (χ1v) is 26.0. The summed E-state index contributed by atoms with van der Waals surface area (Å²) in [6.45, 7) is 5.60. The predicted molar refractivity (Wildman–Crippen MR) is 230 cm³/mol. The number of nitrogen functional groups attached to an aromatic ring is 1. The van der Waals surface area contributed by atoms with Crippen molar-refractivity contribution in [1.29, 1.82) is 0 Å². The number of amides is 2. The Kier molecular flexibility index (Phi) is 27.1. The van der Waals surface area contributed by atoms with E-state index in [1.165, 1.54) is 17.0 Å². The van der Waals surface area contributed by atoms with Crippen LogP contribution < -0.4 is 27.8 Å². The van der Waals surface area contributed by atoms with Crippen LogP contribution in [0.1, 0.15) is 51.3 Å². The summed E-state index contributed by atoms with van der Waals surface area (Å²) in [4.78, 5) is 79.7. The molecule has 2 heterocycles.